The van der Waals surface area contributed by atoms with Crippen molar-refractivity contribution in [3.8, 4) is 22.2 Å². The lowest BCUT2D eigenvalue weighted by Gasteiger charge is -2.01. The summed E-state index contributed by atoms with van der Waals surface area (Å²) in [6, 6.07) is 13.0. The number of ether oxygens (including phenoxy) is 2. The van der Waals surface area contributed by atoms with Crippen LogP contribution in [0.2, 0.25) is 0 Å². The van der Waals surface area contributed by atoms with Gasteiger partial charge < -0.3 is 18.6 Å². The number of aromatic nitrogens is 3. The van der Waals surface area contributed by atoms with Gasteiger partial charge in [0.2, 0.25) is 0 Å². The van der Waals surface area contributed by atoms with Crippen LogP contribution in [0.25, 0.3) is 16.5 Å². The highest BCUT2D eigenvalue weighted by atomic mass is 32.1. The molecule has 0 fully saturated rings. The monoisotopic (exact) mass is 395 g/mol. The van der Waals surface area contributed by atoms with Gasteiger partial charge in [-0.3, -0.25) is 0 Å². The van der Waals surface area contributed by atoms with Crippen molar-refractivity contribution < 1.29 is 18.8 Å². The van der Waals surface area contributed by atoms with Gasteiger partial charge in [0.25, 0.3) is 0 Å². The van der Waals surface area contributed by atoms with Gasteiger partial charge in [-0.1, -0.05) is 28.6 Å². The van der Waals surface area contributed by atoms with E-state index in [0.717, 1.165) is 16.4 Å². The van der Waals surface area contributed by atoms with E-state index in [-0.39, 0.29) is 6.61 Å². The molecule has 28 heavy (non-hydrogen) atoms. The predicted molar refractivity (Wildman–Crippen MR) is 104 cm³/mol. The van der Waals surface area contributed by atoms with Crippen LogP contribution in [-0.2, 0) is 11.3 Å². The molecule has 4 rings (SSSR count). The van der Waals surface area contributed by atoms with Crippen molar-refractivity contribution in [3.63, 3.8) is 0 Å². The summed E-state index contributed by atoms with van der Waals surface area (Å²) in [6.45, 7) is 1.81. The minimum atomic E-state index is -0.431. The Bertz CT molecular complexity index is 1100. The topological polar surface area (TPSA) is 79.4 Å². The van der Waals surface area contributed by atoms with E-state index in [9.17, 15) is 4.79 Å². The lowest BCUT2D eigenvalue weighted by atomic mass is 10.1. The molecule has 0 radical (unpaired) electrons. The molecular formula is C20H17N3O4S. The average molecular weight is 395 g/mol. The Hall–Kier alpha value is -3.39. The standard InChI is InChI=1S/C20H17N3O4S/c1-13-18(28-20(21-13)23-8-3-4-9-23)19(24)26-12-15-11-17(27-22-15)14-6-5-7-16(10-14)25-2/h3-11H,12H2,1-2H3. The lowest BCUT2D eigenvalue weighted by molar-refractivity contribution is 0.0469. The Balaban J connectivity index is 1.44. The number of rotatable bonds is 6. The van der Waals surface area contributed by atoms with Crippen molar-refractivity contribution in [2.75, 3.05) is 7.11 Å². The van der Waals surface area contributed by atoms with Crippen LogP contribution in [0, 0.1) is 6.92 Å². The number of benzene rings is 1. The second-order valence-electron chi connectivity index (χ2n) is 5.99. The second kappa shape index (κ2) is 7.69. The van der Waals surface area contributed by atoms with Crippen LogP contribution in [0.5, 0.6) is 5.75 Å². The Kier molecular flexibility index (Phi) is 4.94. The molecule has 0 aliphatic rings. The van der Waals surface area contributed by atoms with Gasteiger partial charge in [0.05, 0.1) is 12.8 Å². The molecule has 0 aliphatic carbocycles. The molecule has 142 valence electrons. The van der Waals surface area contributed by atoms with Gasteiger partial charge in [0.15, 0.2) is 10.9 Å². The maximum absolute atomic E-state index is 12.4. The quantitative estimate of drug-likeness (QED) is 0.454. The van der Waals surface area contributed by atoms with E-state index in [1.165, 1.54) is 11.3 Å². The third kappa shape index (κ3) is 3.67. The average Bonchev–Trinajstić information content (AvgIpc) is 3.46. The van der Waals surface area contributed by atoms with Crippen molar-refractivity contribution in [2.45, 2.75) is 13.5 Å². The van der Waals surface area contributed by atoms with E-state index in [1.54, 1.807) is 20.1 Å². The highest BCUT2D eigenvalue weighted by Gasteiger charge is 2.18. The molecule has 4 aromatic rings. The summed E-state index contributed by atoms with van der Waals surface area (Å²) in [5.74, 6) is 0.870. The number of carbonyl (C=O) groups excluding carboxylic acids is 1. The van der Waals surface area contributed by atoms with Gasteiger partial charge in [-0.2, -0.15) is 0 Å². The Morgan fingerprint density at radius 3 is 2.82 bits per heavy atom. The first-order valence-corrected chi connectivity index (χ1v) is 9.33. The lowest BCUT2D eigenvalue weighted by Crippen LogP contribution is -2.05. The SMILES string of the molecule is COc1cccc(-c2cc(COC(=O)c3sc(-n4cccc4)nc3C)no2)c1. The first kappa shape index (κ1) is 18.0. The van der Waals surface area contributed by atoms with E-state index in [0.29, 0.717) is 22.0 Å². The van der Waals surface area contributed by atoms with E-state index in [2.05, 4.69) is 10.1 Å². The van der Waals surface area contributed by atoms with Crippen molar-refractivity contribution in [1.29, 1.82) is 0 Å². The van der Waals surface area contributed by atoms with Crippen LogP contribution in [0.1, 0.15) is 21.1 Å². The van der Waals surface area contributed by atoms with Crippen molar-refractivity contribution in [1.82, 2.24) is 14.7 Å². The fourth-order valence-electron chi connectivity index (χ4n) is 2.64. The smallest absolute Gasteiger partial charge is 0.350 e. The van der Waals surface area contributed by atoms with Crippen LogP contribution < -0.4 is 4.74 Å². The molecular weight excluding hydrogens is 378 g/mol. The summed E-state index contributed by atoms with van der Waals surface area (Å²) >= 11 is 1.29. The minimum Gasteiger partial charge on any atom is -0.497 e. The Morgan fingerprint density at radius 1 is 1.21 bits per heavy atom. The molecule has 0 atom stereocenters. The first-order valence-electron chi connectivity index (χ1n) is 8.52. The molecule has 3 heterocycles. The molecule has 7 nitrogen and oxygen atoms in total. The number of hydrogen-bond acceptors (Lipinski definition) is 7. The fraction of sp³-hybridized carbons (Fsp3) is 0.150. The molecule has 0 spiro atoms. The van der Waals surface area contributed by atoms with E-state index < -0.39 is 5.97 Å². The van der Waals surface area contributed by atoms with Crippen molar-refractivity contribution in [2.24, 2.45) is 0 Å². The van der Waals surface area contributed by atoms with Crippen molar-refractivity contribution in [3.05, 3.63) is 71.1 Å². The number of thiazole rings is 1. The van der Waals surface area contributed by atoms with Gasteiger partial charge in [-0.25, -0.2) is 9.78 Å². The second-order valence-corrected chi connectivity index (χ2v) is 6.97. The van der Waals surface area contributed by atoms with Crippen LogP contribution in [0.3, 0.4) is 0 Å². The largest absolute Gasteiger partial charge is 0.497 e. The summed E-state index contributed by atoms with van der Waals surface area (Å²) in [5, 5.41) is 4.69. The van der Waals surface area contributed by atoms with E-state index in [4.69, 9.17) is 14.0 Å². The molecule has 0 bridgehead atoms. The Labute approximate surface area is 165 Å². The van der Waals surface area contributed by atoms with Gasteiger partial charge >= 0.3 is 5.97 Å². The number of esters is 1. The molecule has 0 saturated heterocycles. The summed E-state index contributed by atoms with van der Waals surface area (Å²) < 4.78 is 17.8. The summed E-state index contributed by atoms with van der Waals surface area (Å²) in [7, 11) is 1.60. The highest BCUT2D eigenvalue weighted by molar-refractivity contribution is 7.16. The number of methoxy groups -OCH3 is 1. The van der Waals surface area contributed by atoms with Gasteiger partial charge in [0, 0.05) is 24.0 Å². The number of hydrogen-bond donors (Lipinski definition) is 0. The summed E-state index contributed by atoms with van der Waals surface area (Å²) in [4.78, 5) is 17.3. The molecule has 0 amide bonds. The highest BCUT2D eigenvalue weighted by Crippen LogP contribution is 2.26. The number of carbonyl (C=O) groups is 1. The molecule has 3 aromatic heterocycles. The molecule has 8 heteroatoms. The Morgan fingerprint density at radius 2 is 2.04 bits per heavy atom. The van der Waals surface area contributed by atoms with Gasteiger partial charge in [-0.15, -0.1) is 0 Å². The normalized spacial score (nSPS) is 10.8. The number of aryl methyl sites for hydroxylation is 1. The van der Waals surface area contributed by atoms with Crippen LogP contribution in [-0.4, -0.2) is 27.8 Å². The summed E-state index contributed by atoms with van der Waals surface area (Å²) in [5.41, 5.74) is 1.99. The third-order valence-electron chi connectivity index (χ3n) is 4.06. The zero-order chi connectivity index (χ0) is 19.5. The van der Waals surface area contributed by atoms with Crippen LogP contribution >= 0.6 is 11.3 Å². The van der Waals surface area contributed by atoms with Crippen LogP contribution in [0.4, 0.5) is 0 Å². The molecule has 0 saturated carbocycles. The zero-order valence-corrected chi connectivity index (χ0v) is 16.1. The van der Waals surface area contributed by atoms with Crippen LogP contribution in [0.15, 0.2) is 59.4 Å². The molecule has 0 aliphatic heterocycles. The molecule has 0 N–H and O–H groups in total. The van der Waals surface area contributed by atoms with Crippen molar-refractivity contribution >= 4 is 17.3 Å². The molecule has 0 unspecified atom stereocenters. The first-order chi connectivity index (χ1) is 13.6. The maximum Gasteiger partial charge on any atom is 0.350 e. The minimum absolute atomic E-state index is 0.0164. The summed E-state index contributed by atoms with van der Waals surface area (Å²) in [6.07, 6.45) is 3.76. The predicted octanol–water partition coefficient (Wildman–Crippen LogP) is 4.26. The van der Waals surface area contributed by atoms with Gasteiger partial charge in [0.1, 0.15) is 22.9 Å². The third-order valence-corrected chi connectivity index (χ3v) is 5.21. The number of nitrogens with zero attached hydrogens (tertiary/aromatic N) is 3. The zero-order valence-electron chi connectivity index (χ0n) is 15.3. The fourth-order valence-corrected chi connectivity index (χ4v) is 3.57. The van der Waals surface area contributed by atoms with Gasteiger partial charge in [-0.05, 0) is 31.2 Å². The molecule has 1 aromatic carbocycles. The maximum atomic E-state index is 12.4. The van der Waals surface area contributed by atoms with E-state index >= 15 is 0 Å². The van der Waals surface area contributed by atoms with E-state index in [1.807, 2.05) is 53.4 Å².